The fourth-order valence-corrected chi connectivity index (χ4v) is 6.30. The third kappa shape index (κ3) is 7.54. The average Bonchev–Trinajstić information content (AvgIpc) is 3.52. The molecule has 2 amide bonds. The van der Waals surface area contributed by atoms with Crippen molar-refractivity contribution >= 4 is 16.8 Å². The SMILES string of the molecule is C[C@H](NC(=O)N(Cc1ccc(CNCc2ccccc2)cc1)[C@@H]1CCN(Cc2ccccc2)C1)c1cccc2ccccc12. The Morgan fingerprint density at radius 2 is 1.36 bits per heavy atom. The van der Waals surface area contributed by atoms with E-state index in [1.165, 1.54) is 27.5 Å². The molecule has 0 unspecified atom stereocenters. The molecule has 0 spiro atoms. The Kier molecular flexibility index (Phi) is 9.66. The van der Waals surface area contributed by atoms with Crippen LogP contribution in [-0.2, 0) is 26.2 Å². The minimum atomic E-state index is -0.115. The van der Waals surface area contributed by atoms with Gasteiger partial charge in [-0.05, 0) is 51.9 Å². The molecule has 0 bridgehead atoms. The smallest absolute Gasteiger partial charge is 0.318 e. The Morgan fingerprint density at radius 3 is 2.11 bits per heavy atom. The van der Waals surface area contributed by atoms with E-state index in [2.05, 4.69) is 149 Å². The number of carbonyl (C=O) groups is 1. The van der Waals surface area contributed by atoms with Gasteiger partial charge in [-0.1, -0.05) is 127 Å². The number of hydrogen-bond donors (Lipinski definition) is 2. The fourth-order valence-electron chi connectivity index (χ4n) is 6.30. The van der Waals surface area contributed by atoms with Gasteiger partial charge in [0.25, 0.3) is 0 Å². The van der Waals surface area contributed by atoms with Gasteiger partial charge in [0.15, 0.2) is 0 Å². The number of hydrogen-bond acceptors (Lipinski definition) is 3. The maximum absolute atomic E-state index is 14.0. The van der Waals surface area contributed by atoms with Crippen LogP contribution in [0.2, 0.25) is 0 Å². The summed E-state index contributed by atoms with van der Waals surface area (Å²) in [6.07, 6.45) is 0.963. The Bertz CT molecular complexity index is 1630. The highest BCUT2D eigenvalue weighted by Crippen LogP contribution is 2.26. The van der Waals surface area contributed by atoms with Crippen LogP contribution >= 0.6 is 0 Å². The fraction of sp³-hybridized carbons (Fsp3) is 0.256. The summed E-state index contributed by atoms with van der Waals surface area (Å²) in [5.74, 6) is 0. The number of benzene rings is 5. The molecule has 0 aromatic heterocycles. The van der Waals surface area contributed by atoms with Gasteiger partial charge in [0.2, 0.25) is 0 Å². The second-order valence-corrected chi connectivity index (χ2v) is 11.9. The van der Waals surface area contributed by atoms with Gasteiger partial charge >= 0.3 is 6.03 Å². The maximum atomic E-state index is 14.0. The predicted molar refractivity (Wildman–Crippen MR) is 180 cm³/mol. The molecule has 2 N–H and O–H groups in total. The zero-order chi connectivity index (χ0) is 30.1. The number of carbonyl (C=O) groups excluding carboxylic acids is 1. The van der Waals surface area contributed by atoms with Crippen LogP contribution in [0.25, 0.3) is 10.8 Å². The van der Waals surface area contributed by atoms with Crippen LogP contribution in [0.1, 0.15) is 47.2 Å². The van der Waals surface area contributed by atoms with Crippen LogP contribution in [0.5, 0.6) is 0 Å². The van der Waals surface area contributed by atoms with Crippen molar-refractivity contribution in [3.8, 4) is 0 Å². The van der Waals surface area contributed by atoms with Crippen molar-refractivity contribution in [1.82, 2.24) is 20.4 Å². The lowest BCUT2D eigenvalue weighted by Gasteiger charge is -2.31. The molecule has 224 valence electrons. The summed E-state index contributed by atoms with van der Waals surface area (Å²) in [6.45, 7) is 7.07. The summed E-state index contributed by atoms with van der Waals surface area (Å²) >= 11 is 0. The van der Waals surface area contributed by atoms with E-state index in [0.29, 0.717) is 6.54 Å². The lowest BCUT2D eigenvalue weighted by Crippen LogP contribution is -2.47. The molecule has 5 aromatic carbocycles. The van der Waals surface area contributed by atoms with Crippen molar-refractivity contribution in [3.05, 3.63) is 155 Å². The summed E-state index contributed by atoms with van der Waals surface area (Å²) in [6, 6.07) is 44.5. The van der Waals surface area contributed by atoms with Gasteiger partial charge in [-0.15, -0.1) is 0 Å². The molecule has 6 rings (SSSR count). The number of likely N-dealkylation sites (tertiary alicyclic amines) is 1. The first-order valence-corrected chi connectivity index (χ1v) is 15.8. The van der Waals surface area contributed by atoms with Crippen LogP contribution in [0.4, 0.5) is 4.79 Å². The van der Waals surface area contributed by atoms with Crippen LogP contribution in [0, 0.1) is 0 Å². The molecule has 0 saturated carbocycles. The van der Waals surface area contributed by atoms with Crippen LogP contribution in [0.3, 0.4) is 0 Å². The molecule has 1 aliphatic heterocycles. The highest BCUT2D eigenvalue weighted by molar-refractivity contribution is 5.86. The highest BCUT2D eigenvalue weighted by atomic mass is 16.2. The predicted octanol–water partition coefficient (Wildman–Crippen LogP) is 7.68. The minimum Gasteiger partial charge on any atom is -0.331 e. The van der Waals surface area contributed by atoms with Crippen LogP contribution in [0.15, 0.2) is 127 Å². The quantitative estimate of drug-likeness (QED) is 0.168. The van der Waals surface area contributed by atoms with E-state index in [4.69, 9.17) is 0 Å². The van der Waals surface area contributed by atoms with Crippen molar-refractivity contribution in [2.24, 2.45) is 0 Å². The largest absolute Gasteiger partial charge is 0.331 e. The molecule has 0 radical (unpaired) electrons. The van der Waals surface area contributed by atoms with E-state index in [1.807, 2.05) is 6.07 Å². The van der Waals surface area contributed by atoms with Crippen molar-refractivity contribution in [2.75, 3.05) is 13.1 Å². The number of urea groups is 1. The number of amides is 2. The molecular weight excluding hydrogens is 540 g/mol. The summed E-state index contributed by atoms with van der Waals surface area (Å²) < 4.78 is 0. The van der Waals surface area contributed by atoms with Crippen molar-refractivity contribution < 1.29 is 4.79 Å². The van der Waals surface area contributed by atoms with E-state index in [9.17, 15) is 4.79 Å². The van der Waals surface area contributed by atoms with Gasteiger partial charge in [0.1, 0.15) is 0 Å². The molecule has 5 heteroatoms. The first-order valence-electron chi connectivity index (χ1n) is 15.8. The van der Waals surface area contributed by atoms with E-state index >= 15 is 0 Å². The highest BCUT2D eigenvalue weighted by Gasteiger charge is 2.31. The monoisotopic (exact) mass is 582 g/mol. The normalized spacial score (nSPS) is 15.7. The molecule has 2 atom stereocenters. The van der Waals surface area contributed by atoms with E-state index in [0.717, 1.165) is 50.3 Å². The lowest BCUT2D eigenvalue weighted by molar-refractivity contribution is 0.166. The lowest BCUT2D eigenvalue weighted by atomic mass is 10.00. The second kappa shape index (κ2) is 14.3. The first-order chi connectivity index (χ1) is 21.6. The molecule has 1 saturated heterocycles. The van der Waals surface area contributed by atoms with E-state index < -0.39 is 0 Å². The first kappa shape index (κ1) is 29.6. The molecular formula is C39H42N4O. The summed E-state index contributed by atoms with van der Waals surface area (Å²) in [5, 5.41) is 9.27. The van der Waals surface area contributed by atoms with Gasteiger partial charge in [-0.2, -0.15) is 0 Å². The van der Waals surface area contributed by atoms with Gasteiger partial charge < -0.3 is 15.5 Å². The van der Waals surface area contributed by atoms with E-state index in [1.54, 1.807) is 0 Å². The Labute approximate surface area is 261 Å². The third-order valence-corrected chi connectivity index (χ3v) is 8.70. The molecule has 0 aliphatic carbocycles. The van der Waals surface area contributed by atoms with Gasteiger partial charge in [0.05, 0.1) is 6.04 Å². The molecule has 1 aliphatic rings. The standard InChI is InChI=1S/C39H42N4O/c1-30(37-18-10-16-35-15-8-9-17-38(35)37)41-39(44)43(36-23-24-42(29-36)27-33-13-6-3-7-14-33)28-34-21-19-32(20-22-34)26-40-25-31-11-4-2-5-12-31/h2-22,30,36,40H,23-29H2,1H3,(H,41,44)/t30-,36+/m0/s1. The summed E-state index contributed by atoms with van der Waals surface area (Å²) in [7, 11) is 0. The molecule has 5 aromatic rings. The Balaban J connectivity index is 1.15. The second-order valence-electron chi connectivity index (χ2n) is 11.9. The van der Waals surface area contributed by atoms with Gasteiger partial charge in [-0.25, -0.2) is 4.79 Å². The number of rotatable bonds is 11. The Morgan fingerprint density at radius 1 is 0.750 bits per heavy atom. The summed E-state index contributed by atoms with van der Waals surface area (Å²) in [5.41, 5.74) is 6.11. The van der Waals surface area contributed by atoms with E-state index in [-0.39, 0.29) is 18.1 Å². The third-order valence-electron chi connectivity index (χ3n) is 8.70. The molecule has 44 heavy (non-hydrogen) atoms. The summed E-state index contributed by atoms with van der Waals surface area (Å²) in [4.78, 5) is 18.6. The minimum absolute atomic E-state index is 0.00870. The average molecular weight is 583 g/mol. The van der Waals surface area contributed by atoms with Crippen molar-refractivity contribution in [2.45, 2.75) is 51.6 Å². The molecule has 1 heterocycles. The number of nitrogens with one attached hydrogen (secondary N) is 2. The van der Waals surface area contributed by atoms with Crippen LogP contribution < -0.4 is 10.6 Å². The van der Waals surface area contributed by atoms with Gasteiger partial charge in [-0.3, -0.25) is 4.90 Å². The zero-order valence-corrected chi connectivity index (χ0v) is 25.5. The Hall–Kier alpha value is -4.45. The zero-order valence-electron chi connectivity index (χ0n) is 25.5. The maximum Gasteiger partial charge on any atom is 0.318 e. The topological polar surface area (TPSA) is 47.6 Å². The number of fused-ring (bicyclic) bond motifs is 1. The molecule has 1 fully saturated rings. The van der Waals surface area contributed by atoms with Crippen molar-refractivity contribution in [1.29, 1.82) is 0 Å². The van der Waals surface area contributed by atoms with Gasteiger partial charge in [0, 0.05) is 45.3 Å². The molecule has 5 nitrogen and oxygen atoms in total. The number of nitrogens with zero attached hydrogens (tertiary/aromatic N) is 2. The van der Waals surface area contributed by atoms with Crippen molar-refractivity contribution in [3.63, 3.8) is 0 Å². The van der Waals surface area contributed by atoms with Crippen LogP contribution in [-0.4, -0.2) is 35.0 Å².